The van der Waals surface area contributed by atoms with Crippen LogP contribution in [0.3, 0.4) is 0 Å². The molecule has 12 heavy (non-hydrogen) atoms. The molecule has 1 aliphatic rings. The lowest BCUT2D eigenvalue weighted by Crippen LogP contribution is -2.50. The van der Waals surface area contributed by atoms with Gasteiger partial charge in [-0.25, -0.2) is 0 Å². The molecule has 0 aliphatic carbocycles. The summed E-state index contributed by atoms with van der Waals surface area (Å²) in [6, 6.07) is 0.782. The number of hydrogen-bond donors (Lipinski definition) is 1. The van der Waals surface area contributed by atoms with Gasteiger partial charge in [0.1, 0.15) is 0 Å². The van der Waals surface area contributed by atoms with Gasteiger partial charge in [-0.05, 0) is 20.8 Å². The van der Waals surface area contributed by atoms with E-state index in [0.29, 0.717) is 12.1 Å². The number of morpholine rings is 1. The highest BCUT2D eigenvalue weighted by Gasteiger charge is 2.23. The lowest BCUT2D eigenvalue weighted by molar-refractivity contribution is -0.0504. The maximum atomic E-state index is 5.75. The Labute approximate surface area is 74.9 Å². The maximum Gasteiger partial charge on any atom is 0.0674 e. The van der Waals surface area contributed by atoms with Crippen molar-refractivity contribution in [1.29, 1.82) is 0 Å². The molecule has 1 fully saturated rings. The van der Waals surface area contributed by atoms with Crippen molar-refractivity contribution in [2.24, 2.45) is 5.73 Å². The fraction of sp³-hybridized carbons (Fsp3) is 1.00. The second-order valence-electron chi connectivity index (χ2n) is 3.92. The van der Waals surface area contributed by atoms with Crippen LogP contribution in [0, 0.1) is 0 Å². The highest BCUT2D eigenvalue weighted by atomic mass is 16.5. The van der Waals surface area contributed by atoms with E-state index in [-0.39, 0.29) is 6.04 Å². The Kier molecular flexibility index (Phi) is 3.50. The van der Waals surface area contributed by atoms with Gasteiger partial charge in [-0.2, -0.15) is 0 Å². The van der Waals surface area contributed by atoms with Crippen LogP contribution in [0.4, 0.5) is 0 Å². The van der Waals surface area contributed by atoms with Gasteiger partial charge in [0.2, 0.25) is 0 Å². The number of hydrogen-bond acceptors (Lipinski definition) is 3. The van der Waals surface area contributed by atoms with Crippen LogP contribution in [0.1, 0.15) is 20.8 Å². The van der Waals surface area contributed by atoms with E-state index in [9.17, 15) is 0 Å². The van der Waals surface area contributed by atoms with Crippen LogP contribution in [-0.4, -0.2) is 42.8 Å². The first-order valence-electron chi connectivity index (χ1n) is 4.71. The highest BCUT2D eigenvalue weighted by Crippen LogP contribution is 2.10. The van der Waals surface area contributed by atoms with Crippen molar-refractivity contribution in [3.05, 3.63) is 0 Å². The van der Waals surface area contributed by atoms with Gasteiger partial charge in [0.15, 0.2) is 0 Å². The van der Waals surface area contributed by atoms with E-state index in [1.807, 2.05) is 6.92 Å². The molecule has 0 aromatic heterocycles. The topological polar surface area (TPSA) is 38.5 Å². The fourth-order valence-electron chi connectivity index (χ4n) is 1.60. The van der Waals surface area contributed by atoms with E-state index >= 15 is 0 Å². The molecule has 0 amide bonds. The summed E-state index contributed by atoms with van der Waals surface area (Å²) in [5.74, 6) is 0. The summed E-state index contributed by atoms with van der Waals surface area (Å²) in [6.45, 7) is 9.19. The molecule has 2 N–H and O–H groups in total. The molecule has 0 saturated carbocycles. The predicted octanol–water partition coefficient (Wildman–Crippen LogP) is 0.443. The highest BCUT2D eigenvalue weighted by molar-refractivity contribution is 4.77. The maximum absolute atomic E-state index is 5.75. The van der Waals surface area contributed by atoms with Crippen LogP contribution < -0.4 is 5.73 Å². The van der Waals surface area contributed by atoms with Crippen molar-refractivity contribution in [2.75, 3.05) is 19.7 Å². The summed E-state index contributed by atoms with van der Waals surface area (Å²) in [6.07, 6.45) is 0.361. The van der Waals surface area contributed by atoms with Gasteiger partial charge in [-0.15, -0.1) is 0 Å². The molecule has 3 heteroatoms. The third kappa shape index (κ3) is 2.73. The summed E-state index contributed by atoms with van der Waals surface area (Å²) in [5.41, 5.74) is 5.75. The average molecular weight is 172 g/mol. The Hall–Kier alpha value is -0.120. The Morgan fingerprint density at radius 2 is 2.25 bits per heavy atom. The molecule has 1 aliphatic heterocycles. The molecule has 0 aromatic rings. The monoisotopic (exact) mass is 172 g/mol. The molecule has 0 aromatic carbocycles. The molecule has 0 bridgehead atoms. The van der Waals surface area contributed by atoms with Gasteiger partial charge in [-0.1, -0.05) is 0 Å². The third-order valence-corrected chi connectivity index (χ3v) is 2.26. The van der Waals surface area contributed by atoms with E-state index in [4.69, 9.17) is 10.5 Å². The summed E-state index contributed by atoms with van der Waals surface area (Å²) in [5, 5.41) is 0. The van der Waals surface area contributed by atoms with E-state index in [2.05, 4.69) is 18.7 Å². The van der Waals surface area contributed by atoms with Crippen LogP contribution >= 0.6 is 0 Å². The van der Waals surface area contributed by atoms with Crippen molar-refractivity contribution in [3.8, 4) is 0 Å². The summed E-state index contributed by atoms with van der Waals surface area (Å²) in [4.78, 5) is 2.40. The van der Waals surface area contributed by atoms with Crippen LogP contribution in [0.25, 0.3) is 0 Å². The first-order valence-corrected chi connectivity index (χ1v) is 4.71. The number of nitrogens with zero attached hydrogens (tertiary/aromatic N) is 1. The standard InChI is InChI=1S/C9H20N2O/c1-7(10)4-11-5-9(3)12-6-8(11)2/h7-9H,4-6,10H2,1-3H3. The van der Waals surface area contributed by atoms with Crippen molar-refractivity contribution in [2.45, 2.75) is 39.0 Å². The summed E-state index contributed by atoms with van der Waals surface area (Å²) < 4.78 is 5.52. The zero-order valence-corrected chi connectivity index (χ0v) is 8.29. The molecule has 3 atom stereocenters. The van der Waals surface area contributed by atoms with Crippen LogP contribution in [0.5, 0.6) is 0 Å². The van der Waals surface area contributed by atoms with Crippen molar-refractivity contribution >= 4 is 0 Å². The van der Waals surface area contributed by atoms with E-state index in [1.165, 1.54) is 0 Å². The number of nitrogens with two attached hydrogens (primary N) is 1. The van der Waals surface area contributed by atoms with Crippen LogP contribution in [0.2, 0.25) is 0 Å². The molecule has 72 valence electrons. The second-order valence-corrected chi connectivity index (χ2v) is 3.92. The zero-order valence-electron chi connectivity index (χ0n) is 8.29. The lowest BCUT2D eigenvalue weighted by atomic mass is 10.2. The number of ether oxygens (including phenoxy) is 1. The molecule has 3 unspecified atom stereocenters. The molecule has 3 nitrogen and oxygen atoms in total. The predicted molar refractivity (Wildman–Crippen MR) is 50.1 cm³/mol. The Bertz CT molecular complexity index is 136. The Morgan fingerprint density at radius 1 is 1.58 bits per heavy atom. The van der Waals surface area contributed by atoms with Gasteiger partial charge in [0, 0.05) is 25.2 Å². The van der Waals surface area contributed by atoms with Gasteiger partial charge < -0.3 is 10.5 Å². The minimum Gasteiger partial charge on any atom is -0.376 e. The summed E-state index contributed by atoms with van der Waals surface area (Å²) >= 11 is 0. The first-order chi connectivity index (χ1) is 5.59. The minimum absolute atomic E-state index is 0.262. The lowest BCUT2D eigenvalue weighted by Gasteiger charge is -2.37. The number of rotatable bonds is 2. The third-order valence-electron chi connectivity index (χ3n) is 2.26. The van der Waals surface area contributed by atoms with Crippen molar-refractivity contribution in [1.82, 2.24) is 4.90 Å². The SMILES string of the molecule is CC(N)CN1CC(C)OCC1C. The quantitative estimate of drug-likeness (QED) is 0.657. The van der Waals surface area contributed by atoms with Crippen LogP contribution in [0.15, 0.2) is 0 Å². The van der Waals surface area contributed by atoms with E-state index in [0.717, 1.165) is 19.7 Å². The smallest absolute Gasteiger partial charge is 0.0674 e. The van der Waals surface area contributed by atoms with E-state index in [1.54, 1.807) is 0 Å². The molecular weight excluding hydrogens is 152 g/mol. The largest absolute Gasteiger partial charge is 0.376 e. The van der Waals surface area contributed by atoms with Crippen molar-refractivity contribution < 1.29 is 4.74 Å². The molecule has 1 saturated heterocycles. The van der Waals surface area contributed by atoms with Gasteiger partial charge in [0.05, 0.1) is 12.7 Å². The van der Waals surface area contributed by atoms with Crippen LogP contribution in [-0.2, 0) is 4.74 Å². The molecule has 0 spiro atoms. The molecule has 1 rings (SSSR count). The Balaban J connectivity index is 2.38. The minimum atomic E-state index is 0.262. The fourth-order valence-corrected chi connectivity index (χ4v) is 1.60. The molecule has 1 heterocycles. The van der Waals surface area contributed by atoms with Gasteiger partial charge >= 0.3 is 0 Å². The second kappa shape index (κ2) is 4.21. The first kappa shape index (κ1) is 9.96. The van der Waals surface area contributed by atoms with Gasteiger partial charge in [-0.3, -0.25) is 4.90 Å². The zero-order chi connectivity index (χ0) is 9.14. The molecule has 0 radical (unpaired) electrons. The van der Waals surface area contributed by atoms with Gasteiger partial charge in [0.25, 0.3) is 0 Å². The molecular formula is C9H20N2O. The Morgan fingerprint density at radius 3 is 2.83 bits per heavy atom. The van der Waals surface area contributed by atoms with E-state index < -0.39 is 0 Å². The summed E-state index contributed by atoms with van der Waals surface area (Å²) in [7, 11) is 0. The van der Waals surface area contributed by atoms with Crippen molar-refractivity contribution in [3.63, 3.8) is 0 Å². The average Bonchev–Trinajstić information content (AvgIpc) is 1.96. The normalized spacial score (nSPS) is 35.0.